The molecule has 4 fully saturated rings. The van der Waals surface area contributed by atoms with Crippen molar-refractivity contribution in [3.63, 3.8) is 0 Å². The van der Waals surface area contributed by atoms with Gasteiger partial charge in [-0.2, -0.15) is 5.10 Å². The van der Waals surface area contributed by atoms with Crippen molar-refractivity contribution in [2.75, 3.05) is 33.8 Å². The van der Waals surface area contributed by atoms with Crippen molar-refractivity contribution in [3.05, 3.63) is 17.5 Å². The van der Waals surface area contributed by atoms with Gasteiger partial charge in [0.15, 0.2) is 0 Å². The van der Waals surface area contributed by atoms with E-state index < -0.39 is 0 Å². The predicted molar refractivity (Wildman–Crippen MR) is 125 cm³/mol. The lowest BCUT2D eigenvalue weighted by atomic mass is 9.77. The molecule has 5 rings (SSSR count). The van der Waals surface area contributed by atoms with E-state index in [9.17, 15) is 4.79 Å². The third-order valence-corrected chi connectivity index (χ3v) is 8.19. The predicted octanol–water partition coefficient (Wildman–Crippen LogP) is 3.37. The number of rotatable bonds is 6. The summed E-state index contributed by atoms with van der Waals surface area (Å²) in [5, 5.41) is 14.3. The molecule has 4 atom stereocenters. The first-order valence-corrected chi connectivity index (χ1v) is 12.7. The van der Waals surface area contributed by atoms with E-state index in [1.807, 2.05) is 0 Å². The third-order valence-electron chi connectivity index (χ3n) is 8.19. The van der Waals surface area contributed by atoms with Gasteiger partial charge in [-0.3, -0.25) is 14.7 Å². The number of fused-ring (bicyclic) bond motifs is 1. The first-order chi connectivity index (χ1) is 16.0. The van der Waals surface area contributed by atoms with Gasteiger partial charge in [-0.1, -0.05) is 19.3 Å². The SMILES string of the molecule is CN(C)[C@@H]1C[C@@H]2CN(C(=O)c3cn[nH]c3C3CCCCC3)C[C@@H]2C[C@H]1OCC1CC1.O=CO. The van der Waals surface area contributed by atoms with Crippen molar-refractivity contribution in [1.29, 1.82) is 0 Å². The minimum atomic E-state index is -0.250. The van der Waals surface area contributed by atoms with Gasteiger partial charge in [-0.25, -0.2) is 0 Å². The molecule has 1 aromatic heterocycles. The molecule has 8 nitrogen and oxygen atoms in total. The van der Waals surface area contributed by atoms with Gasteiger partial charge in [0.25, 0.3) is 12.4 Å². The number of aromatic amines is 1. The average Bonchev–Trinajstić information content (AvgIpc) is 3.35. The maximum absolute atomic E-state index is 13.5. The van der Waals surface area contributed by atoms with E-state index in [0.717, 1.165) is 49.7 Å². The number of hydrogen-bond donors (Lipinski definition) is 2. The maximum atomic E-state index is 13.5. The Kier molecular flexibility index (Phi) is 8.07. The zero-order valence-electron chi connectivity index (χ0n) is 20.1. The average molecular weight is 461 g/mol. The number of nitrogens with one attached hydrogen (secondary N) is 1. The van der Waals surface area contributed by atoms with Crippen LogP contribution in [-0.2, 0) is 9.53 Å². The molecule has 2 N–H and O–H groups in total. The number of H-pyrrole nitrogens is 1. The van der Waals surface area contributed by atoms with E-state index in [1.54, 1.807) is 6.20 Å². The molecule has 0 unspecified atom stereocenters. The highest BCUT2D eigenvalue weighted by Gasteiger charge is 2.45. The summed E-state index contributed by atoms with van der Waals surface area (Å²) in [6.07, 6.45) is 13.2. The number of aromatic nitrogens is 2. The lowest BCUT2D eigenvalue weighted by molar-refractivity contribution is -0.122. The fourth-order valence-electron chi connectivity index (χ4n) is 6.16. The Labute approximate surface area is 197 Å². The fraction of sp³-hybridized carbons (Fsp3) is 0.800. The molecule has 4 aliphatic rings. The molecule has 1 saturated heterocycles. The van der Waals surface area contributed by atoms with Crippen LogP contribution in [-0.4, -0.2) is 83.4 Å². The Morgan fingerprint density at radius 1 is 1.18 bits per heavy atom. The van der Waals surface area contributed by atoms with Crippen LogP contribution in [0.1, 0.15) is 79.8 Å². The minimum Gasteiger partial charge on any atom is -0.483 e. The largest absolute Gasteiger partial charge is 0.483 e. The monoisotopic (exact) mass is 460 g/mol. The zero-order chi connectivity index (χ0) is 23.4. The molecule has 0 radical (unpaired) electrons. The number of likely N-dealkylation sites (tertiary alicyclic amines) is 1. The van der Waals surface area contributed by atoms with Gasteiger partial charge in [0, 0.05) is 31.7 Å². The van der Waals surface area contributed by atoms with Crippen molar-refractivity contribution >= 4 is 12.4 Å². The van der Waals surface area contributed by atoms with E-state index in [4.69, 9.17) is 14.6 Å². The lowest BCUT2D eigenvalue weighted by Gasteiger charge is -2.41. The minimum absolute atomic E-state index is 0.190. The van der Waals surface area contributed by atoms with E-state index >= 15 is 0 Å². The number of carboxylic acid groups (broad SMARTS) is 1. The van der Waals surface area contributed by atoms with Crippen molar-refractivity contribution in [2.45, 2.75) is 75.9 Å². The van der Waals surface area contributed by atoms with Crippen LogP contribution in [0.5, 0.6) is 0 Å². The van der Waals surface area contributed by atoms with Crippen molar-refractivity contribution in [1.82, 2.24) is 20.0 Å². The molecule has 2 heterocycles. The number of nitrogens with zero attached hydrogens (tertiary/aromatic N) is 3. The van der Waals surface area contributed by atoms with E-state index in [2.05, 4.69) is 34.1 Å². The summed E-state index contributed by atoms with van der Waals surface area (Å²) in [4.78, 5) is 26.3. The Balaban J connectivity index is 0.000000821. The summed E-state index contributed by atoms with van der Waals surface area (Å²) in [5.74, 6) is 2.62. The standard InChI is InChI=1S/C24H38N4O2.CH2O2/c1-27(2)21-10-18-13-28(14-19(18)11-22(21)30-15-16-8-9-16)24(29)20-12-25-26-23(20)17-6-4-3-5-7-17;2-1-3/h12,16-19,21-22H,3-11,13-15H2,1-2H3,(H,25,26);1H,(H,2,3)/t18-,19+,21-,22-;/m1./s1. The summed E-state index contributed by atoms with van der Waals surface area (Å²) in [7, 11) is 4.36. The van der Waals surface area contributed by atoms with Crippen LogP contribution in [0.3, 0.4) is 0 Å². The van der Waals surface area contributed by atoms with Gasteiger partial charge in [0.05, 0.1) is 23.6 Å². The van der Waals surface area contributed by atoms with Gasteiger partial charge in [0.1, 0.15) is 0 Å². The Morgan fingerprint density at radius 2 is 1.85 bits per heavy atom. The Bertz CT molecular complexity index is 787. The van der Waals surface area contributed by atoms with Crippen LogP contribution in [0, 0.1) is 17.8 Å². The molecule has 3 saturated carbocycles. The molecule has 3 aliphatic carbocycles. The van der Waals surface area contributed by atoms with E-state index in [-0.39, 0.29) is 12.4 Å². The first-order valence-electron chi connectivity index (χ1n) is 12.7. The molecule has 1 aromatic rings. The van der Waals surface area contributed by atoms with Crippen LogP contribution < -0.4 is 0 Å². The lowest BCUT2D eigenvalue weighted by Crippen LogP contribution is -2.48. The summed E-state index contributed by atoms with van der Waals surface area (Å²) in [6.45, 7) is 2.44. The molecule has 0 spiro atoms. The molecule has 184 valence electrons. The molecule has 8 heteroatoms. The number of carbonyl (C=O) groups is 2. The van der Waals surface area contributed by atoms with Gasteiger partial charge >= 0.3 is 0 Å². The summed E-state index contributed by atoms with van der Waals surface area (Å²) in [6, 6.07) is 0.465. The van der Waals surface area contributed by atoms with Crippen LogP contribution in [0.2, 0.25) is 0 Å². The van der Waals surface area contributed by atoms with Crippen LogP contribution >= 0.6 is 0 Å². The molecule has 1 amide bonds. The van der Waals surface area contributed by atoms with Crippen LogP contribution in [0.15, 0.2) is 6.20 Å². The fourth-order valence-corrected chi connectivity index (χ4v) is 6.16. The number of amides is 1. The number of likely N-dealkylation sites (N-methyl/N-ethyl adjacent to an activating group) is 1. The zero-order valence-corrected chi connectivity index (χ0v) is 20.1. The molecule has 0 aromatic carbocycles. The number of carbonyl (C=O) groups excluding carboxylic acids is 1. The number of ether oxygens (including phenoxy) is 1. The van der Waals surface area contributed by atoms with Gasteiger partial charge in [-0.15, -0.1) is 0 Å². The van der Waals surface area contributed by atoms with E-state index in [0.29, 0.717) is 29.9 Å². The second-order valence-electron chi connectivity index (χ2n) is 10.7. The topological polar surface area (TPSA) is 98.8 Å². The van der Waals surface area contributed by atoms with Crippen molar-refractivity contribution in [3.8, 4) is 0 Å². The highest BCUT2D eigenvalue weighted by Crippen LogP contribution is 2.41. The molecular formula is C25H40N4O4. The maximum Gasteiger partial charge on any atom is 0.290 e. The van der Waals surface area contributed by atoms with Crippen molar-refractivity contribution < 1.29 is 19.4 Å². The summed E-state index contributed by atoms with van der Waals surface area (Å²) >= 11 is 0. The quantitative estimate of drug-likeness (QED) is 0.632. The number of hydrogen-bond acceptors (Lipinski definition) is 5. The second-order valence-corrected chi connectivity index (χ2v) is 10.7. The second kappa shape index (κ2) is 11.0. The van der Waals surface area contributed by atoms with Crippen LogP contribution in [0.25, 0.3) is 0 Å². The highest BCUT2D eigenvalue weighted by molar-refractivity contribution is 5.95. The van der Waals surface area contributed by atoms with Crippen LogP contribution in [0.4, 0.5) is 0 Å². The first kappa shape index (κ1) is 24.2. The molecule has 1 aliphatic heterocycles. The van der Waals surface area contributed by atoms with E-state index in [1.165, 1.54) is 44.9 Å². The normalized spacial score (nSPS) is 30.0. The smallest absolute Gasteiger partial charge is 0.290 e. The van der Waals surface area contributed by atoms with Gasteiger partial charge in [0.2, 0.25) is 0 Å². The third kappa shape index (κ3) is 5.77. The molecule has 0 bridgehead atoms. The van der Waals surface area contributed by atoms with Gasteiger partial charge in [-0.05, 0) is 70.4 Å². The molecule has 33 heavy (non-hydrogen) atoms. The Hall–Kier alpha value is -1.93. The summed E-state index contributed by atoms with van der Waals surface area (Å²) < 4.78 is 6.40. The summed E-state index contributed by atoms with van der Waals surface area (Å²) in [5.41, 5.74) is 1.91. The Morgan fingerprint density at radius 3 is 2.48 bits per heavy atom. The highest BCUT2D eigenvalue weighted by atomic mass is 16.5. The van der Waals surface area contributed by atoms with Crippen molar-refractivity contribution in [2.24, 2.45) is 17.8 Å². The molecular weight excluding hydrogens is 420 g/mol. The van der Waals surface area contributed by atoms with Gasteiger partial charge < -0.3 is 19.6 Å².